The Kier molecular flexibility index (Phi) is 4.48. The van der Waals surface area contributed by atoms with Gasteiger partial charge in [0.05, 0.1) is 5.56 Å². The quantitative estimate of drug-likeness (QED) is 0.766. The SMILES string of the molecule is Cc1ccc(-c2noc(COc3ccc(Cl)cc3C(N)=O)n2)cc1. The first kappa shape index (κ1) is 16.0. The largest absolute Gasteiger partial charge is 0.483 e. The number of amides is 1. The van der Waals surface area contributed by atoms with Gasteiger partial charge in [0.15, 0.2) is 6.61 Å². The van der Waals surface area contributed by atoms with Crippen LogP contribution in [0.1, 0.15) is 21.8 Å². The number of carbonyl (C=O) groups excluding carboxylic acids is 1. The van der Waals surface area contributed by atoms with Crippen LogP contribution in [0.25, 0.3) is 11.4 Å². The van der Waals surface area contributed by atoms with Gasteiger partial charge in [0, 0.05) is 10.6 Å². The Hall–Kier alpha value is -2.86. The van der Waals surface area contributed by atoms with Crippen LogP contribution in [0.3, 0.4) is 0 Å². The molecule has 0 aliphatic rings. The number of aryl methyl sites for hydroxylation is 1. The highest BCUT2D eigenvalue weighted by Gasteiger charge is 2.13. The van der Waals surface area contributed by atoms with Crippen LogP contribution in [0.4, 0.5) is 0 Å². The molecule has 1 heterocycles. The van der Waals surface area contributed by atoms with Crippen molar-refractivity contribution in [3.8, 4) is 17.1 Å². The summed E-state index contributed by atoms with van der Waals surface area (Å²) in [5.41, 5.74) is 7.50. The molecular formula is C17H14ClN3O3. The van der Waals surface area contributed by atoms with Crippen molar-refractivity contribution in [3.05, 3.63) is 64.5 Å². The molecule has 122 valence electrons. The Morgan fingerprint density at radius 2 is 2.00 bits per heavy atom. The molecule has 0 aliphatic heterocycles. The molecule has 0 atom stereocenters. The number of hydrogen-bond donors (Lipinski definition) is 1. The van der Waals surface area contributed by atoms with Crippen LogP contribution in [-0.4, -0.2) is 16.0 Å². The highest BCUT2D eigenvalue weighted by Crippen LogP contribution is 2.24. The summed E-state index contributed by atoms with van der Waals surface area (Å²) in [6.45, 7) is 2.02. The maximum Gasteiger partial charge on any atom is 0.264 e. The first-order valence-electron chi connectivity index (χ1n) is 7.15. The van der Waals surface area contributed by atoms with Crippen LogP contribution in [0, 0.1) is 6.92 Å². The zero-order valence-corrected chi connectivity index (χ0v) is 13.6. The van der Waals surface area contributed by atoms with E-state index >= 15 is 0 Å². The topological polar surface area (TPSA) is 91.2 Å². The van der Waals surface area contributed by atoms with Crippen molar-refractivity contribution in [1.29, 1.82) is 0 Å². The Bertz CT molecular complexity index is 875. The summed E-state index contributed by atoms with van der Waals surface area (Å²) < 4.78 is 10.7. The number of primary amides is 1. The molecule has 0 bridgehead atoms. The van der Waals surface area contributed by atoms with Gasteiger partial charge < -0.3 is 15.0 Å². The van der Waals surface area contributed by atoms with Crippen LogP contribution in [-0.2, 0) is 6.61 Å². The van der Waals surface area contributed by atoms with E-state index in [0.717, 1.165) is 11.1 Å². The fourth-order valence-corrected chi connectivity index (χ4v) is 2.27. The van der Waals surface area contributed by atoms with Crippen LogP contribution in [0.5, 0.6) is 5.75 Å². The molecule has 0 fully saturated rings. The van der Waals surface area contributed by atoms with Crippen molar-refractivity contribution in [2.45, 2.75) is 13.5 Å². The summed E-state index contributed by atoms with van der Waals surface area (Å²) in [4.78, 5) is 15.7. The minimum absolute atomic E-state index is 0.0147. The molecule has 2 aromatic carbocycles. The van der Waals surface area contributed by atoms with Gasteiger partial charge in [-0.2, -0.15) is 4.98 Å². The Balaban J connectivity index is 1.74. The second kappa shape index (κ2) is 6.72. The lowest BCUT2D eigenvalue weighted by atomic mass is 10.1. The van der Waals surface area contributed by atoms with E-state index < -0.39 is 5.91 Å². The van der Waals surface area contributed by atoms with Gasteiger partial charge in [0.25, 0.3) is 11.8 Å². The summed E-state index contributed by atoms with van der Waals surface area (Å²) in [7, 11) is 0. The van der Waals surface area contributed by atoms with E-state index in [0.29, 0.717) is 16.6 Å². The summed E-state index contributed by atoms with van der Waals surface area (Å²) >= 11 is 5.86. The fourth-order valence-electron chi connectivity index (χ4n) is 2.09. The lowest BCUT2D eigenvalue weighted by Gasteiger charge is -2.07. The molecule has 2 N–H and O–H groups in total. The van der Waals surface area contributed by atoms with Crippen molar-refractivity contribution >= 4 is 17.5 Å². The van der Waals surface area contributed by atoms with Crippen molar-refractivity contribution in [2.24, 2.45) is 5.73 Å². The van der Waals surface area contributed by atoms with Crippen LogP contribution in [0.2, 0.25) is 5.02 Å². The van der Waals surface area contributed by atoms with Crippen molar-refractivity contribution in [3.63, 3.8) is 0 Å². The number of halogens is 1. The molecule has 1 aromatic heterocycles. The molecule has 3 aromatic rings. The molecular weight excluding hydrogens is 330 g/mol. The van der Waals surface area contributed by atoms with Gasteiger partial charge in [-0.3, -0.25) is 4.79 Å². The second-order valence-electron chi connectivity index (χ2n) is 5.17. The Morgan fingerprint density at radius 3 is 2.71 bits per heavy atom. The van der Waals surface area contributed by atoms with Gasteiger partial charge in [0.2, 0.25) is 5.82 Å². The van der Waals surface area contributed by atoms with Gasteiger partial charge in [-0.1, -0.05) is 46.6 Å². The number of nitrogens with two attached hydrogens (primary N) is 1. The lowest BCUT2D eigenvalue weighted by molar-refractivity contribution is 0.0995. The van der Waals surface area contributed by atoms with E-state index in [-0.39, 0.29) is 18.1 Å². The number of nitrogens with zero attached hydrogens (tertiary/aromatic N) is 2. The maximum absolute atomic E-state index is 11.4. The molecule has 0 radical (unpaired) electrons. The zero-order chi connectivity index (χ0) is 17.1. The molecule has 0 saturated carbocycles. The molecule has 0 aliphatic carbocycles. The van der Waals surface area contributed by atoms with E-state index in [1.807, 2.05) is 31.2 Å². The van der Waals surface area contributed by atoms with Crippen molar-refractivity contribution in [2.75, 3.05) is 0 Å². The van der Waals surface area contributed by atoms with Gasteiger partial charge in [0.1, 0.15) is 5.75 Å². The summed E-state index contributed by atoms with van der Waals surface area (Å²) in [5.74, 6) is 0.441. The van der Waals surface area contributed by atoms with Crippen molar-refractivity contribution < 1.29 is 14.1 Å². The third kappa shape index (κ3) is 3.55. The van der Waals surface area contributed by atoms with Crippen LogP contribution >= 0.6 is 11.6 Å². The minimum Gasteiger partial charge on any atom is -0.483 e. The Labute approximate surface area is 143 Å². The molecule has 7 heteroatoms. The summed E-state index contributed by atoms with van der Waals surface area (Å²) in [6, 6.07) is 12.4. The molecule has 1 amide bonds. The fraction of sp³-hybridized carbons (Fsp3) is 0.118. The predicted molar refractivity (Wildman–Crippen MR) is 88.8 cm³/mol. The standard InChI is InChI=1S/C17H14ClN3O3/c1-10-2-4-11(5-3-10)17-20-15(24-21-17)9-23-14-7-6-12(18)8-13(14)16(19)22/h2-8H,9H2,1H3,(H2,19,22). The van der Waals surface area contributed by atoms with E-state index in [1.165, 1.54) is 6.07 Å². The third-order valence-electron chi connectivity index (χ3n) is 3.34. The number of hydrogen-bond acceptors (Lipinski definition) is 5. The monoisotopic (exact) mass is 343 g/mol. The van der Waals surface area contributed by atoms with E-state index in [9.17, 15) is 4.79 Å². The molecule has 0 spiro atoms. The van der Waals surface area contributed by atoms with Crippen LogP contribution in [0.15, 0.2) is 47.0 Å². The van der Waals surface area contributed by atoms with E-state index in [2.05, 4.69) is 10.1 Å². The van der Waals surface area contributed by atoms with Gasteiger partial charge in [-0.25, -0.2) is 0 Å². The average Bonchev–Trinajstić information content (AvgIpc) is 3.03. The number of carbonyl (C=O) groups is 1. The number of benzene rings is 2. The molecule has 0 unspecified atom stereocenters. The highest BCUT2D eigenvalue weighted by molar-refractivity contribution is 6.31. The number of rotatable bonds is 5. The molecule has 24 heavy (non-hydrogen) atoms. The smallest absolute Gasteiger partial charge is 0.264 e. The zero-order valence-electron chi connectivity index (χ0n) is 12.8. The highest BCUT2D eigenvalue weighted by atomic mass is 35.5. The Morgan fingerprint density at radius 1 is 1.25 bits per heavy atom. The second-order valence-corrected chi connectivity index (χ2v) is 5.61. The average molecular weight is 344 g/mol. The first-order valence-corrected chi connectivity index (χ1v) is 7.52. The predicted octanol–water partition coefficient (Wildman–Crippen LogP) is 3.38. The minimum atomic E-state index is -0.627. The molecule has 3 rings (SSSR count). The summed E-state index contributed by atoms with van der Waals surface area (Å²) in [6.07, 6.45) is 0. The third-order valence-corrected chi connectivity index (χ3v) is 3.57. The van der Waals surface area contributed by atoms with E-state index in [1.54, 1.807) is 12.1 Å². The summed E-state index contributed by atoms with van der Waals surface area (Å²) in [5, 5.41) is 4.32. The van der Waals surface area contributed by atoms with E-state index in [4.69, 9.17) is 26.6 Å². The normalized spacial score (nSPS) is 10.6. The number of aromatic nitrogens is 2. The van der Waals surface area contributed by atoms with Gasteiger partial charge in [-0.05, 0) is 25.1 Å². The van der Waals surface area contributed by atoms with Gasteiger partial charge in [-0.15, -0.1) is 0 Å². The maximum atomic E-state index is 11.4. The van der Waals surface area contributed by atoms with Crippen LogP contribution < -0.4 is 10.5 Å². The number of ether oxygens (including phenoxy) is 1. The first-order chi connectivity index (χ1) is 11.5. The van der Waals surface area contributed by atoms with Gasteiger partial charge >= 0.3 is 0 Å². The molecule has 0 saturated heterocycles. The lowest BCUT2D eigenvalue weighted by Crippen LogP contribution is -2.13. The van der Waals surface area contributed by atoms with Crippen molar-refractivity contribution in [1.82, 2.24) is 10.1 Å². The molecule has 6 nitrogen and oxygen atoms in total.